The van der Waals surface area contributed by atoms with Crippen LogP contribution < -0.4 is 20.7 Å². The zero-order valence-electron chi connectivity index (χ0n) is 33.2. The van der Waals surface area contributed by atoms with E-state index in [0.717, 1.165) is 21.8 Å². The number of anilines is 1. The summed E-state index contributed by atoms with van der Waals surface area (Å²) >= 11 is 1.11. The molecule has 300 valence electrons. The van der Waals surface area contributed by atoms with E-state index in [9.17, 15) is 27.6 Å². The van der Waals surface area contributed by atoms with E-state index >= 15 is 0 Å². The first kappa shape index (κ1) is 44.6. The molecule has 0 bridgehead atoms. The van der Waals surface area contributed by atoms with Gasteiger partial charge in [0, 0.05) is 18.0 Å². The van der Waals surface area contributed by atoms with Crippen LogP contribution in [0.25, 0.3) is 10.4 Å². The smallest absolute Gasteiger partial charge is 0.437 e. The van der Waals surface area contributed by atoms with Crippen molar-refractivity contribution in [3.8, 4) is 10.4 Å². The standard InChI is InChI=1S/C38H52N6O9S2/c1-23-19-24(2)31(25(3)20-23)55(49,50)42-28(33(46)51-18-17-43(10)11)22-40-32(45)30-16-15-29(54-30)26-13-12-14-27(21-26)44(36(48)53-38(7,8)9)34(39)41-35(47)52-37(4,5)6/h12-16,19-21,28,42H,17-18,22H2,1-11H3,(H,40,45)(H2,39,41,47). The van der Waals surface area contributed by atoms with Gasteiger partial charge < -0.3 is 30.2 Å². The van der Waals surface area contributed by atoms with Crippen LogP contribution in [0.4, 0.5) is 15.3 Å². The molecular formula is C38H52N6O9S2. The normalized spacial score (nSPS) is 12.9. The molecule has 0 radical (unpaired) electrons. The van der Waals surface area contributed by atoms with Gasteiger partial charge in [0.05, 0.1) is 15.5 Å². The largest absolute Gasteiger partial charge is 0.463 e. The summed E-state index contributed by atoms with van der Waals surface area (Å²) in [5.74, 6) is -1.89. The molecule has 17 heteroatoms. The molecule has 0 fully saturated rings. The first-order valence-electron chi connectivity index (χ1n) is 17.4. The average Bonchev–Trinajstić information content (AvgIpc) is 3.51. The van der Waals surface area contributed by atoms with Crippen molar-refractivity contribution in [1.29, 1.82) is 0 Å². The second kappa shape index (κ2) is 18.2. The molecule has 2 aromatic carbocycles. The molecule has 55 heavy (non-hydrogen) atoms. The van der Waals surface area contributed by atoms with Gasteiger partial charge in [0.1, 0.15) is 23.9 Å². The number of hydrogen-bond acceptors (Lipinski definition) is 11. The van der Waals surface area contributed by atoms with E-state index in [4.69, 9.17) is 19.9 Å². The predicted molar refractivity (Wildman–Crippen MR) is 213 cm³/mol. The zero-order valence-corrected chi connectivity index (χ0v) is 34.9. The van der Waals surface area contributed by atoms with Gasteiger partial charge >= 0.3 is 18.2 Å². The van der Waals surface area contributed by atoms with Crippen molar-refractivity contribution in [2.24, 2.45) is 10.7 Å². The van der Waals surface area contributed by atoms with Gasteiger partial charge in [-0.25, -0.2) is 22.9 Å². The Morgan fingerprint density at radius 3 is 2.11 bits per heavy atom. The number of nitrogens with zero attached hydrogens (tertiary/aromatic N) is 3. The fourth-order valence-electron chi connectivity index (χ4n) is 5.20. The van der Waals surface area contributed by atoms with Gasteiger partial charge in [-0.1, -0.05) is 29.8 Å². The van der Waals surface area contributed by atoms with Crippen molar-refractivity contribution in [3.05, 3.63) is 70.1 Å². The van der Waals surface area contributed by atoms with Gasteiger partial charge in [-0.15, -0.1) is 16.3 Å². The lowest BCUT2D eigenvalue weighted by molar-refractivity contribution is -0.145. The van der Waals surface area contributed by atoms with Gasteiger partial charge in [0.2, 0.25) is 16.0 Å². The predicted octanol–water partition coefficient (Wildman–Crippen LogP) is 5.51. The minimum atomic E-state index is -4.21. The number of nitrogens with one attached hydrogen (secondary N) is 2. The minimum absolute atomic E-state index is 0.0117. The van der Waals surface area contributed by atoms with E-state index < -0.39 is 63.8 Å². The molecule has 0 spiro atoms. The van der Waals surface area contributed by atoms with E-state index in [-0.39, 0.29) is 22.1 Å². The fourth-order valence-corrected chi connectivity index (χ4v) is 7.76. The highest BCUT2D eigenvalue weighted by molar-refractivity contribution is 7.89. The number of aryl methyl sites for hydroxylation is 3. The van der Waals surface area contributed by atoms with Crippen LogP contribution in [0, 0.1) is 20.8 Å². The Balaban J connectivity index is 1.88. The van der Waals surface area contributed by atoms with Crippen molar-refractivity contribution >= 4 is 57.1 Å². The first-order chi connectivity index (χ1) is 25.4. The maximum absolute atomic E-state index is 13.6. The lowest BCUT2D eigenvalue weighted by atomic mass is 10.1. The third-order valence-electron chi connectivity index (χ3n) is 7.33. The Morgan fingerprint density at radius 2 is 1.53 bits per heavy atom. The maximum atomic E-state index is 13.6. The summed E-state index contributed by atoms with van der Waals surface area (Å²) in [6.07, 6.45) is -1.89. The Kier molecular flexibility index (Phi) is 14.7. The number of aliphatic imine (C=N–C) groups is 1. The number of likely N-dealkylation sites (N-methyl/N-ethyl adjacent to an activating group) is 1. The molecule has 1 atom stereocenters. The van der Waals surface area contributed by atoms with E-state index in [1.54, 1.807) is 123 Å². The molecule has 0 aliphatic rings. The highest BCUT2D eigenvalue weighted by atomic mass is 32.2. The summed E-state index contributed by atoms with van der Waals surface area (Å²) in [7, 11) is -0.603. The molecule has 3 amide bonds. The van der Waals surface area contributed by atoms with Crippen molar-refractivity contribution in [2.75, 3.05) is 38.7 Å². The zero-order chi connectivity index (χ0) is 41.5. The Labute approximate surface area is 327 Å². The molecule has 1 heterocycles. The van der Waals surface area contributed by atoms with Crippen LogP contribution in [0.2, 0.25) is 0 Å². The molecule has 3 rings (SSSR count). The second-order valence-corrected chi connectivity index (χ2v) is 17.8. The van der Waals surface area contributed by atoms with Gasteiger partial charge in [-0.05, 0) is 117 Å². The fraction of sp³-hybridized carbons (Fsp3) is 0.447. The number of ether oxygens (including phenoxy) is 3. The summed E-state index contributed by atoms with van der Waals surface area (Å²) in [5, 5.41) is 2.66. The first-order valence-corrected chi connectivity index (χ1v) is 19.7. The van der Waals surface area contributed by atoms with Crippen LogP contribution in [-0.2, 0) is 29.0 Å². The monoisotopic (exact) mass is 800 g/mol. The molecule has 15 nitrogen and oxygen atoms in total. The third-order valence-corrected chi connectivity index (χ3v) is 10.2. The number of benzene rings is 2. The highest BCUT2D eigenvalue weighted by Gasteiger charge is 2.31. The Bertz CT molecular complexity index is 2010. The Morgan fingerprint density at radius 1 is 0.909 bits per heavy atom. The molecular weight excluding hydrogens is 749 g/mol. The molecule has 1 unspecified atom stereocenters. The van der Waals surface area contributed by atoms with Gasteiger partial charge in [-0.3, -0.25) is 9.59 Å². The number of carbonyl (C=O) groups excluding carboxylic acids is 4. The molecule has 3 aromatic rings. The lowest BCUT2D eigenvalue weighted by Crippen LogP contribution is -2.49. The number of carbonyl (C=O) groups is 4. The summed E-state index contributed by atoms with van der Waals surface area (Å²) in [6.45, 7) is 15.2. The number of guanidine groups is 1. The van der Waals surface area contributed by atoms with E-state index in [2.05, 4.69) is 15.0 Å². The number of nitrogens with two attached hydrogens (primary N) is 1. The number of amides is 3. The summed E-state index contributed by atoms with van der Waals surface area (Å²) in [6, 6.07) is 11.9. The summed E-state index contributed by atoms with van der Waals surface area (Å²) in [4.78, 5) is 59.8. The molecule has 1 aromatic heterocycles. The van der Waals surface area contributed by atoms with Crippen LogP contribution >= 0.6 is 11.3 Å². The van der Waals surface area contributed by atoms with Crippen LogP contribution in [0.5, 0.6) is 0 Å². The lowest BCUT2D eigenvalue weighted by Gasteiger charge is -2.27. The molecule has 0 aliphatic heterocycles. The van der Waals surface area contributed by atoms with Gasteiger partial charge in [0.15, 0.2) is 0 Å². The van der Waals surface area contributed by atoms with E-state index in [1.165, 1.54) is 0 Å². The number of rotatable bonds is 12. The van der Waals surface area contributed by atoms with Crippen molar-refractivity contribution < 1.29 is 41.8 Å². The molecule has 0 saturated carbocycles. The highest BCUT2D eigenvalue weighted by Crippen LogP contribution is 2.32. The van der Waals surface area contributed by atoms with Gasteiger partial charge in [-0.2, -0.15) is 4.72 Å². The Hall–Kier alpha value is -4.84. The SMILES string of the molecule is Cc1cc(C)c(S(=O)(=O)NC(CNC(=O)c2ccc(-c3cccc(N(C(=O)OC(C)(C)C)/C(N)=N/C(=O)OC(C)(C)C)c3)s2)C(=O)OCCN(C)C)c(C)c1. The summed E-state index contributed by atoms with van der Waals surface area (Å²) in [5.41, 5.74) is 7.13. The average molecular weight is 801 g/mol. The van der Waals surface area contributed by atoms with Gasteiger partial charge in [0.25, 0.3) is 5.91 Å². The number of esters is 1. The van der Waals surface area contributed by atoms with Crippen LogP contribution in [0.1, 0.15) is 67.9 Å². The van der Waals surface area contributed by atoms with Crippen LogP contribution in [0.3, 0.4) is 0 Å². The topological polar surface area (TPSA) is 199 Å². The summed E-state index contributed by atoms with van der Waals surface area (Å²) < 4.78 is 45.8. The maximum Gasteiger partial charge on any atom is 0.437 e. The third kappa shape index (κ3) is 13.5. The second-order valence-electron chi connectivity index (χ2n) is 15.1. The number of hydrogen-bond donors (Lipinski definition) is 3. The quantitative estimate of drug-likeness (QED) is 0.0903. The minimum Gasteiger partial charge on any atom is -0.463 e. The molecule has 0 aliphatic carbocycles. The van der Waals surface area contributed by atoms with E-state index in [0.29, 0.717) is 28.1 Å². The number of sulfonamides is 1. The molecule has 0 saturated heterocycles. The van der Waals surface area contributed by atoms with Crippen LogP contribution in [-0.4, -0.2) is 94.4 Å². The van der Waals surface area contributed by atoms with Crippen molar-refractivity contribution in [2.45, 2.75) is 84.5 Å². The van der Waals surface area contributed by atoms with E-state index in [1.807, 2.05) is 6.92 Å². The molecule has 4 N–H and O–H groups in total. The number of thiophene rings is 1. The van der Waals surface area contributed by atoms with Crippen LogP contribution in [0.15, 0.2) is 58.4 Å². The van der Waals surface area contributed by atoms with Crippen molar-refractivity contribution in [3.63, 3.8) is 0 Å². The van der Waals surface area contributed by atoms with Crippen molar-refractivity contribution in [1.82, 2.24) is 14.9 Å².